The Bertz CT molecular complexity index is 563. The molecule has 6 heteroatoms. The molecule has 0 amide bonds. The fourth-order valence-corrected chi connectivity index (χ4v) is 1.59. The van der Waals surface area contributed by atoms with Crippen molar-refractivity contribution in [1.82, 2.24) is 19.7 Å². The highest BCUT2D eigenvalue weighted by Gasteiger charge is 2.19. The first kappa shape index (κ1) is 12.8. The molecule has 0 saturated heterocycles. The van der Waals surface area contributed by atoms with Gasteiger partial charge in [-0.2, -0.15) is 5.10 Å². The first-order chi connectivity index (χ1) is 8.27. The maximum absolute atomic E-state index is 5.99. The van der Waals surface area contributed by atoms with Gasteiger partial charge in [-0.15, -0.1) is 0 Å². The highest BCUT2D eigenvalue weighted by atomic mass is 35.5. The summed E-state index contributed by atoms with van der Waals surface area (Å²) in [6.45, 7) is 7.95. The van der Waals surface area contributed by atoms with Gasteiger partial charge in [-0.3, -0.25) is 0 Å². The smallest absolute Gasteiger partial charge is 0.159 e. The predicted molar refractivity (Wildman–Crippen MR) is 72.0 cm³/mol. The van der Waals surface area contributed by atoms with Crippen molar-refractivity contribution in [2.45, 2.75) is 33.1 Å². The Hall–Kier alpha value is -1.62. The molecule has 0 fully saturated rings. The summed E-state index contributed by atoms with van der Waals surface area (Å²) in [4.78, 5) is 8.73. The van der Waals surface area contributed by atoms with E-state index in [1.54, 1.807) is 16.9 Å². The lowest BCUT2D eigenvalue weighted by atomic mass is 9.96. The first-order valence-electron chi connectivity index (χ1n) is 5.64. The van der Waals surface area contributed by atoms with Gasteiger partial charge in [0.15, 0.2) is 5.82 Å². The molecule has 0 spiro atoms. The van der Waals surface area contributed by atoms with Crippen molar-refractivity contribution in [3.8, 4) is 5.82 Å². The van der Waals surface area contributed by atoms with E-state index in [0.717, 1.165) is 5.69 Å². The van der Waals surface area contributed by atoms with Gasteiger partial charge in [0, 0.05) is 11.5 Å². The topological polar surface area (TPSA) is 69.6 Å². The van der Waals surface area contributed by atoms with Crippen molar-refractivity contribution < 1.29 is 0 Å². The lowest BCUT2D eigenvalue weighted by Crippen LogP contribution is -2.18. The van der Waals surface area contributed by atoms with E-state index in [9.17, 15) is 0 Å². The molecule has 2 heterocycles. The molecular formula is C12H16ClN5. The maximum atomic E-state index is 5.99. The van der Waals surface area contributed by atoms with Crippen LogP contribution < -0.4 is 5.73 Å². The molecule has 0 radical (unpaired) electrons. The zero-order valence-corrected chi connectivity index (χ0v) is 11.7. The number of aromatic nitrogens is 4. The average Bonchev–Trinajstić information content (AvgIpc) is 2.57. The molecule has 0 saturated carbocycles. The van der Waals surface area contributed by atoms with E-state index in [4.69, 9.17) is 17.3 Å². The Morgan fingerprint density at radius 3 is 2.44 bits per heavy atom. The van der Waals surface area contributed by atoms with Crippen molar-refractivity contribution >= 4 is 17.4 Å². The van der Waals surface area contributed by atoms with Crippen molar-refractivity contribution in [1.29, 1.82) is 0 Å². The van der Waals surface area contributed by atoms with E-state index in [1.807, 2.05) is 27.7 Å². The number of nitrogen functional groups attached to an aromatic ring is 1. The molecule has 0 aliphatic heterocycles. The summed E-state index contributed by atoms with van der Waals surface area (Å²) in [6, 6.07) is 1.68. The summed E-state index contributed by atoms with van der Waals surface area (Å²) < 4.78 is 1.62. The van der Waals surface area contributed by atoms with Gasteiger partial charge in [-0.25, -0.2) is 14.6 Å². The Balaban J connectivity index is 2.55. The van der Waals surface area contributed by atoms with Crippen LogP contribution in [0.25, 0.3) is 5.82 Å². The minimum atomic E-state index is -0.171. The van der Waals surface area contributed by atoms with Crippen molar-refractivity contribution in [2.75, 3.05) is 5.73 Å². The second-order valence-corrected chi connectivity index (χ2v) is 5.64. The first-order valence-corrected chi connectivity index (χ1v) is 6.02. The number of aryl methyl sites for hydroxylation is 1. The molecule has 0 aliphatic rings. The molecule has 96 valence electrons. The summed E-state index contributed by atoms with van der Waals surface area (Å²) in [5, 5.41) is 4.89. The van der Waals surface area contributed by atoms with E-state index in [0.29, 0.717) is 22.5 Å². The Morgan fingerprint density at radius 1 is 1.28 bits per heavy atom. The van der Waals surface area contributed by atoms with Gasteiger partial charge < -0.3 is 5.73 Å². The molecule has 0 aromatic carbocycles. The van der Waals surface area contributed by atoms with Gasteiger partial charge in [0.2, 0.25) is 0 Å². The lowest BCUT2D eigenvalue weighted by molar-refractivity contribution is 0.543. The number of nitrogens with zero attached hydrogens (tertiary/aromatic N) is 4. The fourth-order valence-electron chi connectivity index (χ4n) is 1.46. The van der Waals surface area contributed by atoms with Crippen LogP contribution in [0.3, 0.4) is 0 Å². The average molecular weight is 266 g/mol. The van der Waals surface area contributed by atoms with E-state index >= 15 is 0 Å². The van der Waals surface area contributed by atoms with Gasteiger partial charge in [-0.1, -0.05) is 32.4 Å². The normalized spacial score (nSPS) is 11.8. The Labute approximate surface area is 111 Å². The minimum Gasteiger partial charge on any atom is -0.384 e. The van der Waals surface area contributed by atoms with Crippen LogP contribution in [0.5, 0.6) is 0 Å². The number of hydrogen-bond donors (Lipinski definition) is 1. The van der Waals surface area contributed by atoms with Crippen LogP contribution in [-0.4, -0.2) is 19.7 Å². The Morgan fingerprint density at radius 2 is 1.94 bits per heavy atom. The molecule has 2 N–H and O–H groups in total. The minimum absolute atomic E-state index is 0.171. The van der Waals surface area contributed by atoms with Gasteiger partial charge in [0.1, 0.15) is 11.6 Å². The second kappa shape index (κ2) is 4.24. The van der Waals surface area contributed by atoms with Crippen LogP contribution in [0.15, 0.2) is 12.3 Å². The van der Waals surface area contributed by atoms with E-state index in [-0.39, 0.29) is 5.41 Å². The molecule has 0 bridgehead atoms. The van der Waals surface area contributed by atoms with E-state index in [1.165, 1.54) is 0 Å². The van der Waals surface area contributed by atoms with Crippen molar-refractivity contribution in [2.24, 2.45) is 0 Å². The van der Waals surface area contributed by atoms with E-state index in [2.05, 4.69) is 15.1 Å². The van der Waals surface area contributed by atoms with Crippen molar-refractivity contribution in [3.63, 3.8) is 0 Å². The number of nitrogens with two attached hydrogens (primary N) is 1. The fraction of sp³-hybridized carbons (Fsp3) is 0.417. The zero-order chi connectivity index (χ0) is 13.5. The quantitative estimate of drug-likeness (QED) is 0.860. The third-order valence-electron chi connectivity index (χ3n) is 2.48. The van der Waals surface area contributed by atoms with Crippen LogP contribution in [0.2, 0.25) is 5.02 Å². The predicted octanol–water partition coefficient (Wildman–Crippen LogP) is 2.50. The number of hydrogen-bond acceptors (Lipinski definition) is 4. The molecule has 2 aromatic rings. The second-order valence-electron chi connectivity index (χ2n) is 5.23. The summed E-state index contributed by atoms with van der Waals surface area (Å²) >= 11 is 5.99. The standard InChI is InChI=1S/C12H16ClN5/c1-7-8(13)6-18(17-7)10-5-9(14)15-11(16-10)12(2,3)4/h5-6H,1-4H3,(H2,14,15,16). The highest BCUT2D eigenvalue weighted by Crippen LogP contribution is 2.22. The van der Waals surface area contributed by atoms with Gasteiger partial charge in [-0.05, 0) is 6.92 Å². The molecule has 2 rings (SSSR count). The van der Waals surface area contributed by atoms with Crippen molar-refractivity contribution in [3.05, 3.63) is 28.8 Å². The summed E-state index contributed by atoms with van der Waals surface area (Å²) in [6.07, 6.45) is 1.71. The molecule has 0 unspecified atom stereocenters. The van der Waals surface area contributed by atoms with Crippen LogP contribution in [0.1, 0.15) is 32.3 Å². The zero-order valence-electron chi connectivity index (χ0n) is 10.9. The lowest BCUT2D eigenvalue weighted by Gasteiger charge is -2.17. The highest BCUT2D eigenvalue weighted by molar-refractivity contribution is 6.31. The summed E-state index contributed by atoms with van der Waals surface area (Å²) in [5.41, 5.74) is 6.40. The third-order valence-corrected chi connectivity index (χ3v) is 2.85. The largest absolute Gasteiger partial charge is 0.384 e. The Kier molecular flexibility index (Phi) is 3.02. The van der Waals surface area contributed by atoms with Crippen LogP contribution in [0, 0.1) is 6.92 Å². The molecule has 0 aliphatic carbocycles. The van der Waals surface area contributed by atoms with Gasteiger partial charge >= 0.3 is 0 Å². The van der Waals surface area contributed by atoms with Crippen LogP contribution in [0.4, 0.5) is 5.82 Å². The van der Waals surface area contributed by atoms with Gasteiger partial charge in [0.25, 0.3) is 0 Å². The van der Waals surface area contributed by atoms with Gasteiger partial charge in [0.05, 0.1) is 16.9 Å². The summed E-state index contributed by atoms with van der Waals surface area (Å²) in [5.74, 6) is 1.73. The third kappa shape index (κ3) is 2.46. The summed E-state index contributed by atoms with van der Waals surface area (Å²) in [7, 11) is 0. The monoisotopic (exact) mass is 265 g/mol. The molecule has 2 aromatic heterocycles. The van der Waals surface area contributed by atoms with E-state index < -0.39 is 0 Å². The van der Waals surface area contributed by atoms with Crippen LogP contribution in [-0.2, 0) is 5.41 Å². The SMILES string of the molecule is Cc1nn(-c2cc(N)nc(C(C)(C)C)n2)cc1Cl. The number of halogens is 1. The van der Waals surface area contributed by atoms with Crippen LogP contribution >= 0.6 is 11.6 Å². The number of rotatable bonds is 1. The molecule has 18 heavy (non-hydrogen) atoms. The maximum Gasteiger partial charge on any atom is 0.159 e. The molecule has 5 nitrogen and oxygen atoms in total. The molecule has 0 atom stereocenters. The molecular weight excluding hydrogens is 250 g/mol. The number of anilines is 1.